The second-order valence-electron chi connectivity index (χ2n) is 7.61. The molecule has 2 aliphatic heterocycles. The van der Waals surface area contributed by atoms with E-state index in [0.29, 0.717) is 31.7 Å². The van der Waals surface area contributed by atoms with Gasteiger partial charge in [-0.15, -0.1) is 5.10 Å². The zero-order valence-corrected chi connectivity index (χ0v) is 17.5. The molecule has 2 amide bonds. The van der Waals surface area contributed by atoms with E-state index in [1.165, 1.54) is 0 Å². The molecule has 4 heterocycles. The zero-order valence-electron chi connectivity index (χ0n) is 16.0. The van der Waals surface area contributed by atoms with E-state index in [1.54, 1.807) is 21.3 Å². The van der Waals surface area contributed by atoms with Gasteiger partial charge in [0.05, 0.1) is 24.3 Å². The fourth-order valence-electron chi connectivity index (χ4n) is 4.00. The molecule has 1 aromatic carbocycles. The number of rotatable bonds is 4. The number of likely N-dealkylation sites (tertiary alicyclic amines) is 2. The summed E-state index contributed by atoms with van der Waals surface area (Å²) in [5, 5.41) is 13.7. The molecule has 2 saturated heterocycles. The minimum absolute atomic E-state index is 0.0309. The molecule has 0 saturated carbocycles. The Morgan fingerprint density at radius 3 is 2.90 bits per heavy atom. The number of fused-ring (bicyclic) bond motifs is 1. The van der Waals surface area contributed by atoms with Crippen molar-refractivity contribution < 1.29 is 9.59 Å². The molecule has 0 bridgehead atoms. The van der Waals surface area contributed by atoms with Crippen molar-refractivity contribution in [2.24, 2.45) is 7.05 Å². The van der Waals surface area contributed by atoms with Gasteiger partial charge in [-0.1, -0.05) is 21.1 Å². The quantitative estimate of drug-likeness (QED) is 0.595. The summed E-state index contributed by atoms with van der Waals surface area (Å²) >= 11 is 3.44. The third kappa shape index (κ3) is 3.21. The number of aromatic nitrogens is 5. The molecule has 2 fully saturated rings. The van der Waals surface area contributed by atoms with Gasteiger partial charge in [-0.3, -0.25) is 14.3 Å². The Hall–Kier alpha value is -2.75. The number of benzene rings is 1. The smallest absolute Gasteiger partial charge is 0.272 e. The van der Waals surface area contributed by atoms with Crippen LogP contribution in [0, 0.1) is 0 Å². The van der Waals surface area contributed by atoms with E-state index in [2.05, 4.69) is 31.3 Å². The molecular weight excluding hydrogens is 438 g/mol. The summed E-state index contributed by atoms with van der Waals surface area (Å²) in [6, 6.07) is 5.85. The van der Waals surface area contributed by atoms with Crippen LogP contribution in [0.5, 0.6) is 0 Å². The topological polar surface area (TPSA) is 89.2 Å². The molecule has 10 heteroatoms. The summed E-state index contributed by atoms with van der Waals surface area (Å²) in [7, 11) is 1.79. The minimum atomic E-state index is -0.0309. The first-order valence-electron chi connectivity index (χ1n) is 9.59. The van der Waals surface area contributed by atoms with E-state index in [1.807, 2.05) is 29.3 Å². The first-order valence-corrected chi connectivity index (χ1v) is 10.4. The molecule has 150 valence electrons. The standard InChI is InChI=1S/C19H20BrN7O2/c1-24-18(15-5-4-12(20)7-16(15)22-24)19(29)26-10-14(11-26)27-9-13(21-23-27)8-25-6-2-3-17(25)28/h4-5,7,9,14H,2-3,6,8,10-11H2,1H3. The Morgan fingerprint density at radius 2 is 2.14 bits per heavy atom. The van der Waals surface area contributed by atoms with Crippen molar-refractivity contribution in [1.29, 1.82) is 0 Å². The van der Waals surface area contributed by atoms with Gasteiger partial charge in [0.2, 0.25) is 5.91 Å². The Bertz CT molecular complexity index is 1120. The van der Waals surface area contributed by atoms with E-state index in [-0.39, 0.29) is 17.9 Å². The predicted octanol–water partition coefficient (Wildman–Crippen LogP) is 1.75. The van der Waals surface area contributed by atoms with Crippen molar-refractivity contribution in [3.8, 4) is 0 Å². The van der Waals surface area contributed by atoms with Crippen molar-refractivity contribution >= 4 is 38.6 Å². The van der Waals surface area contributed by atoms with E-state index < -0.39 is 0 Å². The second kappa shape index (κ2) is 6.94. The number of aryl methyl sites for hydroxylation is 1. The Kier molecular flexibility index (Phi) is 4.38. The maximum atomic E-state index is 13.0. The summed E-state index contributed by atoms with van der Waals surface area (Å²) in [6.07, 6.45) is 3.41. The van der Waals surface area contributed by atoms with Crippen molar-refractivity contribution in [2.75, 3.05) is 19.6 Å². The molecular formula is C19H20BrN7O2. The number of nitrogens with zero attached hydrogens (tertiary/aromatic N) is 7. The third-order valence-corrected chi connectivity index (χ3v) is 6.10. The number of amides is 2. The van der Waals surface area contributed by atoms with Crippen LogP contribution < -0.4 is 0 Å². The first kappa shape index (κ1) is 18.3. The summed E-state index contributed by atoms with van der Waals surface area (Å²) in [5.41, 5.74) is 2.17. The maximum Gasteiger partial charge on any atom is 0.272 e. The molecule has 0 atom stereocenters. The van der Waals surface area contributed by atoms with Crippen molar-refractivity contribution in [1.82, 2.24) is 34.6 Å². The van der Waals surface area contributed by atoms with Crippen LogP contribution in [0.1, 0.15) is 35.1 Å². The lowest BCUT2D eigenvalue weighted by Gasteiger charge is -2.38. The van der Waals surface area contributed by atoms with Gasteiger partial charge in [-0.25, -0.2) is 4.68 Å². The average Bonchev–Trinajstić information content (AvgIpc) is 3.33. The molecule has 9 nitrogen and oxygen atoms in total. The van der Waals surface area contributed by atoms with Crippen LogP contribution in [0.4, 0.5) is 0 Å². The van der Waals surface area contributed by atoms with Gasteiger partial charge in [0, 0.05) is 43.0 Å². The molecule has 0 unspecified atom stereocenters. The highest BCUT2D eigenvalue weighted by molar-refractivity contribution is 9.10. The minimum Gasteiger partial charge on any atom is -0.337 e. The normalized spacial score (nSPS) is 17.4. The van der Waals surface area contributed by atoms with Crippen molar-refractivity contribution in [3.63, 3.8) is 0 Å². The van der Waals surface area contributed by atoms with Crippen LogP contribution in [0.15, 0.2) is 28.9 Å². The van der Waals surface area contributed by atoms with Crippen LogP contribution in [0.3, 0.4) is 0 Å². The van der Waals surface area contributed by atoms with E-state index in [9.17, 15) is 9.59 Å². The van der Waals surface area contributed by atoms with Crippen LogP contribution in [-0.2, 0) is 18.4 Å². The van der Waals surface area contributed by atoms with E-state index >= 15 is 0 Å². The first-order chi connectivity index (χ1) is 14.0. The Labute approximate surface area is 175 Å². The fourth-order valence-corrected chi connectivity index (χ4v) is 4.35. The van der Waals surface area contributed by atoms with Gasteiger partial charge in [0.15, 0.2) is 0 Å². The van der Waals surface area contributed by atoms with Crippen molar-refractivity contribution in [3.05, 3.63) is 40.3 Å². The third-order valence-electron chi connectivity index (χ3n) is 5.60. The number of hydrogen-bond donors (Lipinski definition) is 0. The molecule has 5 rings (SSSR count). The summed E-state index contributed by atoms with van der Waals surface area (Å²) in [6.45, 7) is 2.44. The van der Waals surface area contributed by atoms with Crippen LogP contribution in [0.2, 0.25) is 0 Å². The van der Waals surface area contributed by atoms with Gasteiger partial charge >= 0.3 is 0 Å². The highest BCUT2D eigenvalue weighted by atomic mass is 79.9. The number of carbonyl (C=O) groups is 2. The van der Waals surface area contributed by atoms with Crippen molar-refractivity contribution in [2.45, 2.75) is 25.4 Å². The molecule has 29 heavy (non-hydrogen) atoms. The lowest BCUT2D eigenvalue weighted by Crippen LogP contribution is -2.51. The molecule has 2 aromatic heterocycles. The molecule has 0 aliphatic carbocycles. The van der Waals surface area contributed by atoms with Gasteiger partial charge in [-0.2, -0.15) is 5.10 Å². The highest BCUT2D eigenvalue weighted by Crippen LogP contribution is 2.27. The van der Waals surface area contributed by atoms with Gasteiger partial charge in [0.25, 0.3) is 5.91 Å². The fraction of sp³-hybridized carbons (Fsp3) is 0.421. The zero-order chi connectivity index (χ0) is 20.1. The lowest BCUT2D eigenvalue weighted by atomic mass is 10.1. The van der Waals surface area contributed by atoms with Crippen LogP contribution >= 0.6 is 15.9 Å². The Morgan fingerprint density at radius 1 is 1.31 bits per heavy atom. The number of carbonyl (C=O) groups excluding carboxylic acids is 2. The number of hydrogen-bond acceptors (Lipinski definition) is 5. The molecule has 0 radical (unpaired) electrons. The van der Waals surface area contributed by atoms with Gasteiger partial charge in [-0.05, 0) is 24.6 Å². The molecule has 3 aromatic rings. The maximum absolute atomic E-state index is 13.0. The van der Waals surface area contributed by atoms with Crippen LogP contribution in [0.25, 0.3) is 10.9 Å². The highest BCUT2D eigenvalue weighted by Gasteiger charge is 2.35. The lowest BCUT2D eigenvalue weighted by molar-refractivity contribution is -0.128. The van der Waals surface area contributed by atoms with Gasteiger partial charge in [0.1, 0.15) is 11.4 Å². The Balaban J connectivity index is 1.26. The van der Waals surface area contributed by atoms with E-state index in [4.69, 9.17) is 0 Å². The predicted molar refractivity (Wildman–Crippen MR) is 108 cm³/mol. The van der Waals surface area contributed by atoms with E-state index in [0.717, 1.165) is 34.0 Å². The SMILES string of the molecule is Cn1nc2cc(Br)ccc2c1C(=O)N1CC(n2cc(CN3CCCC3=O)nn2)C1. The monoisotopic (exact) mass is 457 g/mol. The average molecular weight is 458 g/mol. The summed E-state index contributed by atoms with van der Waals surface area (Å²) < 4.78 is 4.38. The van der Waals surface area contributed by atoms with Crippen LogP contribution in [-0.4, -0.2) is 66.0 Å². The molecule has 2 aliphatic rings. The second-order valence-corrected chi connectivity index (χ2v) is 8.52. The summed E-state index contributed by atoms with van der Waals surface area (Å²) in [5.74, 6) is 0.145. The van der Waals surface area contributed by atoms with Gasteiger partial charge < -0.3 is 9.80 Å². The largest absolute Gasteiger partial charge is 0.337 e. The molecule has 0 spiro atoms. The summed E-state index contributed by atoms with van der Waals surface area (Å²) in [4.78, 5) is 28.4. The molecule has 0 N–H and O–H groups in total. The number of halogens is 1.